The summed E-state index contributed by atoms with van der Waals surface area (Å²) in [7, 11) is 3.87. The first kappa shape index (κ1) is 13.5. The number of nitrogens with zero attached hydrogens (tertiary/aromatic N) is 1. The van der Waals surface area contributed by atoms with Gasteiger partial charge in [-0.3, -0.25) is 4.79 Å². The minimum Gasteiger partial charge on any atom is -0.480 e. The summed E-state index contributed by atoms with van der Waals surface area (Å²) in [6.45, 7) is 2.84. The van der Waals surface area contributed by atoms with E-state index in [1.165, 1.54) is 12.8 Å². The summed E-state index contributed by atoms with van der Waals surface area (Å²) < 4.78 is 0. The molecule has 0 radical (unpaired) electrons. The van der Waals surface area contributed by atoms with Crippen LogP contribution in [-0.2, 0) is 4.79 Å². The number of aliphatic carboxylic acids is 1. The van der Waals surface area contributed by atoms with Gasteiger partial charge in [-0.1, -0.05) is 0 Å². The Kier molecular flexibility index (Phi) is 4.74. The monoisotopic (exact) mass is 228 g/mol. The van der Waals surface area contributed by atoms with Gasteiger partial charge in [0.25, 0.3) is 0 Å². The Morgan fingerprint density at radius 1 is 1.50 bits per heavy atom. The average molecular weight is 228 g/mol. The van der Waals surface area contributed by atoms with Gasteiger partial charge in [0.05, 0.1) is 0 Å². The van der Waals surface area contributed by atoms with Crippen LogP contribution in [0.2, 0.25) is 0 Å². The summed E-state index contributed by atoms with van der Waals surface area (Å²) in [5, 5.41) is 12.0. The fourth-order valence-corrected chi connectivity index (χ4v) is 1.88. The van der Waals surface area contributed by atoms with Crippen LogP contribution >= 0.6 is 0 Å². The molecule has 0 spiro atoms. The predicted molar refractivity (Wildman–Crippen MR) is 64.6 cm³/mol. The molecule has 0 amide bonds. The van der Waals surface area contributed by atoms with Crippen LogP contribution in [0.15, 0.2) is 0 Å². The highest BCUT2D eigenvalue weighted by Gasteiger charge is 2.30. The van der Waals surface area contributed by atoms with Crippen LogP contribution in [0.5, 0.6) is 0 Å². The van der Waals surface area contributed by atoms with Gasteiger partial charge in [-0.05, 0) is 59.7 Å². The van der Waals surface area contributed by atoms with Crippen molar-refractivity contribution in [3.05, 3.63) is 0 Å². The van der Waals surface area contributed by atoms with E-state index >= 15 is 0 Å². The van der Waals surface area contributed by atoms with Crippen molar-refractivity contribution in [3.8, 4) is 0 Å². The number of likely N-dealkylation sites (N-methyl/N-ethyl adjacent to an activating group) is 1. The van der Waals surface area contributed by atoms with Crippen LogP contribution in [-0.4, -0.2) is 48.2 Å². The second kappa shape index (κ2) is 5.64. The molecule has 1 unspecified atom stereocenters. The van der Waals surface area contributed by atoms with E-state index in [2.05, 4.69) is 17.3 Å². The second-order valence-corrected chi connectivity index (χ2v) is 5.06. The van der Waals surface area contributed by atoms with Crippen LogP contribution < -0.4 is 5.32 Å². The third-order valence-corrected chi connectivity index (χ3v) is 3.63. The molecule has 0 aromatic carbocycles. The Balaban J connectivity index is 2.15. The van der Waals surface area contributed by atoms with E-state index in [-0.39, 0.29) is 0 Å². The summed E-state index contributed by atoms with van der Waals surface area (Å²) in [6, 6.07) is 0.801. The molecule has 0 heterocycles. The van der Waals surface area contributed by atoms with Gasteiger partial charge in [0.1, 0.15) is 5.54 Å². The lowest BCUT2D eigenvalue weighted by Gasteiger charge is -2.24. The molecule has 4 heteroatoms. The van der Waals surface area contributed by atoms with Crippen LogP contribution in [0.25, 0.3) is 0 Å². The number of carboxylic acids is 1. The number of rotatable bonds is 8. The number of hydrogen-bond acceptors (Lipinski definition) is 3. The minimum absolute atomic E-state index is 0.692. The van der Waals surface area contributed by atoms with Crippen LogP contribution in [0.3, 0.4) is 0 Å². The number of nitrogens with one attached hydrogen (secondary N) is 1. The molecule has 16 heavy (non-hydrogen) atoms. The van der Waals surface area contributed by atoms with Crippen molar-refractivity contribution in [1.29, 1.82) is 0 Å². The number of hydrogen-bond donors (Lipinski definition) is 2. The van der Waals surface area contributed by atoms with Gasteiger partial charge in [0.15, 0.2) is 0 Å². The zero-order valence-corrected chi connectivity index (χ0v) is 10.6. The number of unbranched alkanes of at least 4 members (excludes halogenated alkanes) is 1. The molecule has 1 saturated carbocycles. The first-order chi connectivity index (χ1) is 7.49. The predicted octanol–water partition coefficient (Wildman–Crippen LogP) is 1.31. The second-order valence-electron chi connectivity index (χ2n) is 5.06. The van der Waals surface area contributed by atoms with Crippen LogP contribution in [0.4, 0.5) is 0 Å². The first-order valence-corrected chi connectivity index (χ1v) is 6.12. The lowest BCUT2D eigenvalue weighted by Crippen LogP contribution is -2.47. The molecule has 0 saturated heterocycles. The van der Waals surface area contributed by atoms with E-state index in [0.29, 0.717) is 6.42 Å². The highest BCUT2D eigenvalue weighted by Crippen LogP contribution is 2.25. The molecule has 1 rings (SSSR count). The Morgan fingerprint density at radius 2 is 2.12 bits per heavy atom. The standard InChI is InChI=1S/C12H24N2O2/c1-12(13-2,11(15)16)8-4-5-9-14(3)10-6-7-10/h10,13H,4-9H2,1-3H3,(H,15,16). The minimum atomic E-state index is -0.766. The molecule has 1 fully saturated rings. The normalized spacial score (nSPS) is 19.8. The Labute approximate surface area is 98.0 Å². The van der Waals surface area contributed by atoms with Crippen molar-refractivity contribution >= 4 is 5.97 Å². The van der Waals surface area contributed by atoms with Gasteiger partial charge in [0, 0.05) is 6.04 Å². The fourth-order valence-electron chi connectivity index (χ4n) is 1.88. The smallest absolute Gasteiger partial charge is 0.323 e. The summed E-state index contributed by atoms with van der Waals surface area (Å²) in [5.74, 6) is -0.759. The molecular weight excluding hydrogens is 204 g/mol. The maximum absolute atomic E-state index is 11.0. The zero-order valence-electron chi connectivity index (χ0n) is 10.6. The topological polar surface area (TPSA) is 52.6 Å². The van der Waals surface area contributed by atoms with Gasteiger partial charge >= 0.3 is 5.97 Å². The van der Waals surface area contributed by atoms with Crippen molar-refractivity contribution in [2.24, 2.45) is 0 Å². The van der Waals surface area contributed by atoms with Gasteiger partial charge in [-0.25, -0.2) is 0 Å². The maximum Gasteiger partial charge on any atom is 0.323 e. The Morgan fingerprint density at radius 3 is 2.56 bits per heavy atom. The van der Waals surface area contributed by atoms with E-state index in [1.54, 1.807) is 14.0 Å². The molecule has 2 N–H and O–H groups in total. The Bertz CT molecular complexity index is 241. The summed E-state index contributed by atoms with van der Waals surface area (Å²) in [5.41, 5.74) is -0.766. The molecular formula is C12H24N2O2. The van der Waals surface area contributed by atoms with E-state index in [9.17, 15) is 4.79 Å². The van der Waals surface area contributed by atoms with Crippen molar-refractivity contribution < 1.29 is 9.90 Å². The van der Waals surface area contributed by atoms with Gasteiger partial charge in [-0.15, -0.1) is 0 Å². The molecule has 0 bridgehead atoms. The largest absolute Gasteiger partial charge is 0.480 e. The highest BCUT2D eigenvalue weighted by molar-refractivity contribution is 5.78. The molecule has 94 valence electrons. The van der Waals surface area contributed by atoms with E-state index < -0.39 is 11.5 Å². The molecule has 1 aliphatic carbocycles. The highest BCUT2D eigenvalue weighted by atomic mass is 16.4. The van der Waals surface area contributed by atoms with E-state index in [1.807, 2.05) is 0 Å². The maximum atomic E-state index is 11.0. The van der Waals surface area contributed by atoms with Crippen LogP contribution in [0.1, 0.15) is 39.0 Å². The van der Waals surface area contributed by atoms with E-state index in [4.69, 9.17) is 5.11 Å². The quantitative estimate of drug-likeness (QED) is 0.615. The third-order valence-electron chi connectivity index (χ3n) is 3.63. The summed E-state index contributed by atoms with van der Waals surface area (Å²) in [6.07, 6.45) is 5.40. The summed E-state index contributed by atoms with van der Waals surface area (Å²) >= 11 is 0. The molecule has 4 nitrogen and oxygen atoms in total. The lowest BCUT2D eigenvalue weighted by atomic mass is 9.95. The molecule has 1 atom stereocenters. The third kappa shape index (κ3) is 3.76. The summed E-state index contributed by atoms with van der Waals surface area (Å²) in [4.78, 5) is 13.4. The van der Waals surface area contributed by atoms with Gasteiger partial charge < -0.3 is 15.3 Å². The first-order valence-electron chi connectivity index (χ1n) is 6.12. The fraction of sp³-hybridized carbons (Fsp3) is 0.917. The van der Waals surface area contributed by atoms with Gasteiger partial charge in [-0.2, -0.15) is 0 Å². The number of carbonyl (C=O) groups is 1. The molecule has 0 aromatic rings. The molecule has 0 aromatic heterocycles. The average Bonchev–Trinajstić information content (AvgIpc) is 3.07. The van der Waals surface area contributed by atoms with E-state index in [0.717, 1.165) is 25.4 Å². The van der Waals surface area contributed by atoms with Crippen molar-refractivity contribution in [1.82, 2.24) is 10.2 Å². The molecule has 0 aliphatic heterocycles. The molecule has 1 aliphatic rings. The van der Waals surface area contributed by atoms with Crippen molar-refractivity contribution in [2.45, 2.75) is 50.6 Å². The zero-order chi connectivity index (χ0) is 12.2. The van der Waals surface area contributed by atoms with Crippen molar-refractivity contribution in [3.63, 3.8) is 0 Å². The van der Waals surface area contributed by atoms with Crippen LogP contribution in [0, 0.1) is 0 Å². The SMILES string of the molecule is CNC(C)(CCCCN(C)C1CC1)C(=O)O. The Hall–Kier alpha value is -0.610. The lowest BCUT2D eigenvalue weighted by molar-refractivity contribution is -0.144. The number of carboxylic acid groups (broad SMARTS) is 1. The van der Waals surface area contributed by atoms with Crippen molar-refractivity contribution in [2.75, 3.05) is 20.6 Å². The van der Waals surface area contributed by atoms with Gasteiger partial charge in [0.2, 0.25) is 0 Å².